The fourth-order valence-electron chi connectivity index (χ4n) is 2.77. The van der Waals surface area contributed by atoms with E-state index in [0.717, 1.165) is 24.5 Å². The molecule has 0 aliphatic carbocycles. The second-order valence-corrected chi connectivity index (χ2v) is 7.16. The van der Waals surface area contributed by atoms with Gasteiger partial charge in [0, 0.05) is 18.4 Å². The zero-order chi connectivity index (χ0) is 19.1. The normalized spacial score (nSPS) is 11.0. The minimum Gasteiger partial charge on any atom is -0.352 e. The summed E-state index contributed by atoms with van der Waals surface area (Å²) in [6.07, 6.45) is 2.55. The van der Waals surface area contributed by atoms with Crippen molar-refractivity contribution < 1.29 is 4.79 Å². The fourth-order valence-corrected chi connectivity index (χ4v) is 2.77. The van der Waals surface area contributed by atoms with Crippen molar-refractivity contribution >= 4 is 17.4 Å². The Morgan fingerprint density at radius 2 is 1.96 bits per heavy atom. The van der Waals surface area contributed by atoms with Gasteiger partial charge in [-0.05, 0) is 63.2 Å². The van der Waals surface area contributed by atoms with Gasteiger partial charge >= 0.3 is 0 Å². The van der Waals surface area contributed by atoms with Crippen LogP contribution in [-0.2, 0) is 0 Å². The van der Waals surface area contributed by atoms with E-state index in [2.05, 4.69) is 59.5 Å². The number of anilines is 2. The van der Waals surface area contributed by atoms with Gasteiger partial charge < -0.3 is 15.5 Å². The maximum Gasteiger partial charge on any atom is 0.252 e. The first-order valence-electron chi connectivity index (χ1n) is 9.14. The van der Waals surface area contributed by atoms with Gasteiger partial charge in [-0.3, -0.25) is 4.79 Å². The number of aromatic nitrogens is 1. The van der Waals surface area contributed by atoms with Gasteiger partial charge in [0.1, 0.15) is 5.82 Å². The van der Waals surface area contributed by atoms with Crippen molar-refractivity contribution in [2.24, 2.45) is 0 Å². The number of carbonyl (C=O) groups excluding carboxylic acids is 1. The number of nitrogens with one attached hydrogen (secondary N) is 2. The molecule has 2 N–H and O–H groups in total. The maximum atomic E-state index is 12.2. The predicted octanol–water partition coefficient (Wildman–Crippen LogP) is 3.94. The Kier molecular flexibility index (Phi) is 7.16. The highest BCUT2D eigenvalue weighted by molar-refractivity contribution is 5.94. The van der Waals surface area contributed by atoms with Crippen molar-refractivity contribution in [2.75, 3.05) is 32.5 Å². The molecule has 26 heavy (non-hydrogen) atoms. The third kappa shape index (κ3) is 5.56. The third-order valence-corrected chi connectivity index (χ3v) is 4.27. The van der Waals surface area contributed by atoms with Gasteiger partial charge in [0.15, 0.2) is 0 Å². The average Bonchev–Trinajstić information content (AvgIpc) is 2.60. The summed E-state index contributed by atoms with van der Waals surface area (Å²) in [6, 6.07) is 9.96. The van der Waals surface area contributed by atoms with E-state index >= 15 is 0 Å². The molecule has 0 aliphatic heterocycles. The molecular formula is C21H30N4O. The Balaban J connectivity index is 2.01. The monoisotopic (exact) mass is 354 g/mol. The molecule has 0 aliphatic rings. The van der Waals surface area contributed by atoms with E-state index in [-0.39, 0.29) is 5.91 Å². The molecule has 0 atom stereocenters. The quantitative estimate of drug-likeness (QED) is 0.705. The molecule has 5 heteroatoms. The zero-order valence-corrected chi connectivity index (χ0v) is 16.5. The minimum atomic E-state index is -0.0819. The molecule has 0 bridgehead atoms. The van der Waals surface area contributed by atoms with Gasteiger partial charge in [-0.1, -0.05) is 32.0 Å². The van der Waals surface area contributed by atoms with Gasteiger partial charge in [-0.15, -0.1) is 0 Å². The molecule has 1 heterocycles. The summed E-state index contributed by atoms with van der Waals surface area (Å²) in [7, 11) is 4.05. The Morgan fingerprint density at radius 1 is 1.19 bits per heavy atom. The molecule has 1 amide bonds. The molecule has 1 aromatic heterocycles. The number of hydrogen-bond donors (Lipinski definition) is 2. The highest BCUT2D eigenvalue weighted by atomic mass is 16.1. The standard InChI is InChI=1S/C21H30N4O/c1-15(2)18-9-6-8-16(3)20(18)24-19-11-10-17(14-23-19)21(26)22-12-7-13-25(4)5/h6,8-11,14-15H,7,12-13H2,1-5H3,(H,22,26)(H,23,24). The SMILES string of the molecule is Cc1cccc(C(C)C)c1Nc1ccc(C(=O)NCCCN(C)C)cn1. The van der Waals surface area contributed by atoms with Crippen LogP contribution in [0.2, 0.25) is 0 Å². The molecule has 1 aromatic carbocycles. The lowest BCUT2D eigenvalue weighted by molar-refractivity contribution is 0.0952. The van der Waals surface area contributed by atoms with E-state index in [4.69, 9.17) is 0 Å². The molecule has 0 unspecified atom stereocenters. The first kappa shape index (κ1) is 19.9. The summed E-state index contributed by atoms with van der Waals surface area (Å²) in [5, 5.41) is 6.34. The molecule has 0 radical (unpaired) electrons. The van der Waals surface area contributed by atoms with E-state index in [1.165, 1.54) is 11.1 Å². The average molecular weight is 354 g/mol. The first-order valence-corrected chi connectivity index (χ1v) is 9.14. The highest BCUT2D eigenvalue weighted by Crippen LogP contribution is 2.29. The molecule has 0 fully saturated rings. The Labute approximate surface area is 156 Å². The van der Waals surface area contributed by atoms with Crippen LogP contribution in [0.3, 0.4) is 0 Å². The zero-order valence-electron chi connectivity index (χ0n) is 16.5. The van der Waals surface area contributed by atoms with Crippen LogP contribution in [0.25, 0.3) is 0 Å². The summed E-state index contributed by atoms with van der Waals surface area (Å²) in [6.45, 7) is 8.06. The van der Waals surface area contributed by atoms with Gasteiger partial charge in [0.25, 0.3) is 5.91 Å². The second kappa shape index (κ2) is 9.34. The minimum absolute atomic E-state index is 0.0819. The molecule has 0 saturated heterocycles. The number of carbonyl (C=O) groups is 1. The summed E-state index contributed by atoms with van der Waals surface area (Å²) < 4.78 is 0. The van der Waals surface area contributed by atoms with Crippen molar-refractivity contribution in [3.63, 3.8) is 0 Å². The van der Waals surface area contributed by atoms with Crippen molar-refractivity contribution in [2.45, 2.75) is 33.1 Å². The second-order valence-electron chi connectivity index (χ2n) is 7.16. The topological polar surface area (TPSA) is 57.3 Å². The molecule has 2 rings (SSSR count). The molecule has 0 spiro atoms. The lowest BCUT2D eigenvalue weighted by atomic mass is 9.98. The van der Waals surface area contributed by atoms with Crippen molar-refractivity contribution in [3.05, 3.63) is 53.2 Å². The maximum absolute atomic E-state index is 12.2. The number of nitrogens with zero attached hydrogens (tertiary/aromatic N) is 2. The number of hydrogen-bond acceptors (Lipinski definition) is 4. The molecule has 5 nitrogen and oxygen atoms in total. The van der Waals surface area contributed by atoms with E-state index in [1.807, 2.05) is 26.2 Å². The number of amides is 1. The van der Waals surface area contributed by atoms with E-state index in [9.17, 15) is 4.79 Å². The van der Waals surface area contributed by atoms with Crippen LogP contribution in [0.1, 0.15) is 47.7 Å². The van der Waals surface area contributed by atoms with Crippen LogP contribution in [0, 0.1) is 6.92 Å². The Bertz CT molecular complexity index is 723. The predicted molar refractivity (Wildman–Crippen MR) is 108 cm³/mol. The van der Waals surface area contributed by atoms with Crippen LogP contribution in [0.15, 0.2) is 36.5 Å². The van der Waals surface area contributed by atoms with Crippen molar-refractivity contribution in [1.82, 2.24) is 15.2 Å². The number of rotatable bonds is 8. The van der Waals surface area contributed by atoms with E-state index < -0.39 is 0 Å². The van der Waals surface area contributed by atoms with Crippen molar-refractivity contribution in [1.29, 1.82) is 0 Å². The van der Waals surface area contributed by atoms with Gasteiger partial charge in [0.2, 0.25) is 0 Å². The molecule has 2 aromatic rings. The lowest BCUT2D eigenvalue weighted by Crippen LogP contribution is -2.27. The Hall–Kier alpha value is -2.40. The van der Waals surface area contributed by atoms with Gasteiger partial charge in [0.05, 0.1) is 5.56 Å². The number of benzene rings is 1. The Morgan fingerprint density at radius 3 is 2.58 bits per heavy atom. The smallest absolute Gasteiger partial charge is 0.252 e. The molecular weight excluding hydrogens is 324 g/mol. The summed E-state index contributed by atoms with van der Waals surface area (Å²) in [5.41, 5.74) is 4.11. The molecule has 0 saturated carbocycles. The van der Waals surface area contributed by atoms with Crippen LogP contribution >= 0.6 is 0 Å². The van der Waals surface area contributed by atoms with Crippen molar-refractivity contribution in [3.8, 4) is 0 Å². The van der Waals surface area contributed by atoms with Crippen LogP contribution in [-0.4, -0.2) is 43.0 Å². The number of aryl methyl sites for hydroxylation is 1. The van der Waals surface area contributed by atoms with Crippen LogP contribution < -0.4 is 10.6 Å². The summed E-state index contributed by atoms with van der Waals surface area (Å²) in [5.74, 6) is 1.08. The molecule has 140 valence electrons. The van der Waals surface area contributed by atoms with Gasteiger partial charge in [-0.25, -0.2) is 4.98 Å². The largest absolute Gasteiger partial charge is 0.352 e. The van der Waals surface area contributed by atoms with E-state index in [0.29, 0.717) is 18.0 Å². The third-order valence-electron chi connectivity index (χ3n) is 4.27. The lowest BCUT2D eigenvalue weighted by Gasteiger charge is -2.17. The number of para-hydroxylation sites is 1. The summed E-state index contributed by atoms with van der Waals surface area (Å²) in [4.78, 5) is 18.7. The van der Waals surface area contributed by atoms with Crippen LogP contribution in [0.4, 0.5) is 11.5 Å². The van der Waals surface area contributed by atoms with E-state index in [1.54, 1.807) is 6.20 Å². The summed E-state index contributed by atoms with van der Waals surface area (Å²) >= 11 is 0. The first-order chi connectivity index (χ1) is 12.4. The fraction of sp³-hybridized carbons (Fsp3) is 0.429. The van der Waals surface area contributed by atoms with Gasteiger partial charge in [-0.2, -0.15) is 0 Å². The highest BCUT2D eigenvalue weighted by Gasteiger charge is 2.11. The van der Waals surface area contributed by atoms with Crippen LogP contribution in [0.5, 0.6) is 0 Å². The number of pyridine rings is 1.